The molecular weight excluding hydrogens is 218 g/mol. The molecule has 1 aliphatic rings. The highest BCUT2D eigenvalue weighted by atomic mass is 16.5. The third kappa shape index (κ3) is 1.51. The summed E-state index contributed by atoms with van der Waals surface area (Å²) < 4.78 is 10.6. The molecule has 0 bridgehead atoms. The van der Waals surface area contributed by atoms with Crippen molar-refractivity contribution in [2.75, 3.05) is 14.2 Å². The van der Waals surface area contributed by atoms with Crippen LogP contribution in [0.2, 0.25) is 0 Å². The Bertz CT molecular complexity index is 675. The number of hydrogen-bond donors (Lipinski definition) is 1. The molecule has 5 heteroatoms. The molecule has 1 unspecified atom stereocenters. The van der Waals surface area contributed by atoms with Gasteiger partial charge in [0.2, 0.25) is 5.88 Å². The number of aromatic amines is 1. The lowest BCUT2D eigenvalue weighted by Gasteiger charge is -2.09. The molecule has 0 fully saturated rings. The molecular formula is C12H13N3O2. The van der Waals surface area contributed by atoms with E-state index in [1.807, 2.05) is 0 Å². The summed E-state index contributed by atoms with van der Waals surface area (Å²) in [7, 11) is 3.32. The van der Waals surface area contributed by atoms with E-state index < -0.39 is 0 Å². The average molecular weight is 231 g/mol. The molecule has 1 atom stereocenters. The molecule has 2 aromatic heterocycles. The smallest absolute Gasteiger partial charge is 0.241 e. The predicted molar refractivity (Wildman–Crippen MR) is 64.0 cm³/mol. The van der Waals surface area contributed by atoms with Gasteiger partial charge in [0, 0.05) is 17.7 Å². The van der Waals surface area contributed by atoms with Crippen molar-refractivity contribution in [1.29, 1.82) is 0 Å². The Labute approximate surface area is 97.8 Å². The minimum Gasteiger partial charge on any atom is -0.479 e. The van der Waals surface area contributed by atoms with E-state index in [-0.39, 0.29) is 6.10 Å². The second-order valence-electron chi connectivity index (χ2n) is 3.94. The Balaban J connectivity index is 2.37. The van der Waals surface area contributed by atoms with Crippen LogP contribution in [0.3, 0.4) is 0 Å². The van der Waals surface area contributed by atoms with Crippen LogP contribution < -0.4 is 15.3 Å². The van der Waals surface area contributed by atoms with Gasteiger partial charge in [0.25, 0.3) is 0 Å². The minimum atomic E-state index is 0.113. The summed E-state index contributed by atoms with van der Waals surface area (Å²) in [5.41, 5.74) is 1.72. The van der Waals surface area contributed by atoms with Gasteiger partial charge in [-0.1, -0.05) is 6.08 Å². The number of fused-ring (bicyclic) bond motifs is 3. The number of H-pyrrole nitrogens is 1. The molecule has 0 aliphatic heterocycles. The van der Waals surface area contributed by atoms with E-state index in [4.69, 9.17) is 9.47 Å². The fraction of sp³-hybridized carbons (Fsp3) is 0.333. The van der Waals surface area contributed by atoms with Gasteiger partial charge in [0.15, 0.2) is 0 Å². The van der Waals surface area contributed by atoms with Gasteiger partial charge in [0.05, 0.1) is 13.2 Å². The summed E-state index contributed by atoms with van der Waals surface area (Å²) in [4.78, 5) is 11.7. The fourth-order valence-electron chi connectivity index (χ4n) is 2.15. The van der Waals surface area contributed by atoms with Gasteiger partial charge in [-0.15, -0.1) is 0 Å². The average Bonchev–Trinajstić information content (AvgIpc) is 2.76. The normalized spacial score (nSPS) is 18.4. The fourth-order valence-corrected chi connectivity index (χ4v) is 2.15. The lowest BCUT2D eigenvalue weighted by atomic mass is 10.1. The first kappa shape index (κ1) is 10.3. The summed E-state index contributed by atoms with van der Waals surface area (Å²) in [6, 6.07) is 0. The van der Waals surface area contributed by atoms with E-state index in [0.29, 0.717) is 5.88 Å². The zero-order chi connectivity index (χ0) is 11.8. The quantitative estimate of drug-likeness (QED) is 0.787. The molecule has 0 radical (unpaired) electrons. The van der Waals surface area contributed by atoms with Crippen molar-refractivity contribution in [2.24, 2.45) is 0 Å². The molecule has 1 N–H and O–H groups in total. The highest BCUT2D eigenvalue weighted by molar-refractivity contribution is 5.81. The first-order valence-electron chi connectivity index (χ1n) is 5.45. The molecule has 2 heterocycles. The van der Waals surface area contributed by atoms with E-state index in [9.17, 15) is 0 Å². The monoisotopic (exact) mass is 231 g/mol. The summed E-state index contributed by atoms with van der Waals surface area (Å²) in [6.45, 7) is 0. The minimum absolute atomic E-state index is 0.113. The van der Waals surface area contributed by atoms with Gasteiger partial charge in [-0.05, 0) is 12.5 Å². The summed E-state index contributed by atoms with van der Waals surface area (Å²) in [5.74, 6) is 0.570. The van der Waals surface area contributed by atoms with Crippen LogP contribution in [-0.2, 0) is 4.74 Å². The van der Waals surface area contributed by atoms with Crippen molar-refractivity contribution in [3.05, 3.63) is 16.9 Å². The van der Waals surface area contributed by atoms with Crippen molar-refractivity contribution >= 4 is 23.2 Å². The van der Waals surface area contributed by atoms with Crippen LogP contribution in [-0.4, -0.2) is 35.3 Å². The van der Waals surface area contributed by atoms with Crippen molar-refractivity contribution in [3.63, 3.8) is 0 Å². The number of hydrogen-bond acceptors (Lipinski definition) is 4. The molecule has 0 amide bonds. The zero-order valence-electron chi connectivity index (χ0n) is 9.73. The first-order chi connectivity index (χ1) is 8.33. The summed E-state index contributed by atoms with van der Waals surface area (Å²) >= 11 is 0. The third-order valence-electron chi connectivity index (χ3n) is 3.02. The number of ether oxygens (including phenoxy) is 2. The lowest BCUT2D eigenvalue weighted by Crippen LogP contribution is -2.30. The van der Waals surface area contributed by atoms with Crippen molar-refractivity contribution < 1.29 is 9.47 Å². The number of aromatic nitrogens is 3. The topological polar surface area (TPSA) is 60.0 Å². The molecule has 0 spiro atoms. The first-order valence-corrected chi connectivity index (χ1v) is 5.45. The molecule has 3 rings (SSSR count). The third-order valence-corrected chi connectivity index (χ3v) is 3.02. The Kier molecular flexibility index (Phi) is 2.33. The van der Waals surface area contributed by atoms with Crippen molar-refractivity contribution in [3.8, 4) is 5.88 Å². The number of rotatable bonds is 2. The van der Waals surface area contributed by atoms with Crippen LogP contribution >= 0.6 is 0 Å². The molecule has 2 aromatic rings. The zero-order valence-corrected chi connectivity index (χ0v) is 9.73. The van der Waals surface area contributed by atoms with Gasteiger partial charge >= 0.3 is 0 Å². The van der Waals surface area contributed by atoms with E-state index in [1.54, 1.807) is 14.2 Å². The Hall–Kier alpha value is -1.88. The molecule has 1 aliphatic carbocycles. The molecule has 88 valence electrons. The van der Waals surface area contributed by atoms with Crippen LogP contribution in [0.5, 0.6) is 5.88 Å². The SMILES string of the molecule is COc1ncnc2c3c([nH]c12)=CCC(OC)C=3. The molecule has 0 saturated carbocycles. The van der Waals surface area contributed by atoms with Crippen LogP contribution in [0.15, 0.2) is 6.33 Å². The summed E-state index contributed by atoms with van der Waals surface area (Å²) in [5, 5.41) is 2.13. The van der Waals surface area contributed by atoms with Crippen LogP contribution in [0.1, 0.15) is 6.42 Å². The Morgan fingerprint density at radius 1 is 1.35 bits per heavy atom. The number of nitrogens with one attached hydrogen (secondary N) is 1. The molecule has 5 nitrogen and oxygen atoms in total. The van der Waals surface area contributed by atoms with E-state index in [1.165, 1.54) is 6.33 Å². The maximum atomic E-state index is 5.35. The highest BCUT2D eigenvalue weighted by Crippen LogP contribution is 2.15. The van der Waals surface area contributed by atoms with E-state index >= 15 is 0 Å². The second kappa shape index (κ2) is 3.85. The molecule has 0 saturated heterocycles. The van der Waals surface area contributed by atoms with Gasteiger partial charge in [0.1, 0.15) is 17.4 Å². The predicted octanol–water partition coefficient (Wildman–Crippen LogP) is -0.0538. The largest absolute Gasteiger partial charge is 0.479 e. The maximum absolute atomic E-state index is 5.35. The Morgan fingerprint density at radius 3 is 3.00 bits per heavy atom. The van der Waals surface area contributed by atoms with Crippen molar-refractivity contribution in [1.82, 2.24) is 15.0 Å². The maximum Gasteiger partial charge on any atom is 0.241 e. The van der Waals surface area contributed by atoms with Crippen LogP contribution in [0.4, 0.5) is 0 Å². The van der Waals surface area contributed by atoms with Crippen LogP contribution in [0.25, 0.3) is 23.2 Å². The van der Waals surface area contributed by atoms with Crippen LogP contribution in [0, 0.1) is 0 Å². The second-order valence-corrected chi connectivity index (χ2v) is 3.94. The van der Waals surface area contributed by atoms with Gasteiger partial charge in [-0.3, -0.25) is 0 Å². The van der Waals surface area contributed by atoms with E-state index in [0.717, 1.165) is 28.0 Å². The van der Waals surface area contributed by atoms with Gasteiger partial charge in [-0.25, -0.2) is 4.98 Å². The summed E-state index contributed by atoms with van der Waals surface area (Å²) in [6.07, 6.45) is 6.69. The standard InChI is InChI=1S/C12H13N3O2/c1-16-7-3-4-9-8(5-7)10-11(15-9)12(17-2)14-6-13-10/h4-7,15H,3H2,1-2H3. The highest BCUT2D eigenvalue weighted by Gasteiger charge is 2.13. The Morgan fingerprint density at radius 2 is 2.24 bits per heavy atom. The number of nitrogens with zero attached hydrogens (tertiary/aromatic N) is 2. The van der Waals surface area contributed by atoms with Gasteiger partial charge < -0.3 is 14.5 Å². The molecule has 0 aromatic carbocycles. The van der Waals surface area contributed by atoms with Gasteiger partial charge in [-0.2, -0.15) is 4.98 Å². The van der Waals surface area contributed by atoms with Crippen molar-refractivity contribution in [2.45, 2.75) is 12.5 Å². The lowest BCUT2D eigenvalue weighted by molar-refractivity contribution is 0.157. The van der Waals surface area contributed by atoms with E-state index in [2.05, 4.69) is 27.1 Å². The number of methoxy groups -OCH3 is 2. The molecule has 17 heavy (non-hydrogen) atoms.